The van der Waals surface area contributed by atoms with E-state index < -0.39 is 46.9 Å². The molecule has 1 amide bonds. The lowest BCUT2D eigenvalue weighted by Crippen LogP contribution is -2.42. The van der Waals surface area contributed by atoms with E-state index in [1.165, 1.54) is 6.92 Å². The highest BCUT2D eigenvalue weighted by Crippen LogP contribution is 2.15. The minimum Gasteiger partial charge on any atom is -0.480 e. The summed E-state index contributed by atoms with van der Waals surface area (Å²) >= 11 is 0. The topological polar surface area (TPSA) is 90.2 Å². The van der Waals surface area contributed by atoms with E-state index in [2.05, 4.69) is 0 Å². The Labute approximate surface area is 118 Å². The Morgan fingerprint density at radius 1 is 1.33 bits per heavy atom. The van der Waals surface area contributed by atoms with Gasteiger partial charge in [0.15, 0.2) is 0 Å². The number of halogens is 3. The maximum atomic E-state index is 13.4. The third-order valence-corrected chi connectivity index (χ3v) is 2.65. The van der Waals surface area contributed by atoms with E-state index in [1.807, 2.05) is 5.32 Å². The van der Waals surface area contributed by atoms with E-state index in [-0.39, 0.29) is 6.42 Å². The lowest BCUT2D eigenvalue weighted by molar-refractivity contribution is -0.139. The first-order valence-corrected chi connectivity index (χ1v) is 5.84. The fourth-order valence-electron chi connectivity index (χ4n) is 1.62. The van der Waals surface area contributed by atoms with Crippen molar-refractivity contribution in [1.29, 1.82) is 5.26 Å². The van der Waals surface area contributed by atoms with Crippen LogP contribution in [0, 0.1) is 34.7 Å². The number of benzene rings is 1. The molecule has 0 spiro atoms. The van der Waals surface area contributed by atoms with Gasteiger partial charge in [-0.25, -0.2) is 18.0 Å². The maximum absolute atomic E-state index is 13.4. The summed E-state index contributed by atoms with van der Waals surface area (Å²) in [4.78, 5) is 22.7. The molecule has 2 atom stereocenters. The zero-order chi connectivity index (χ0) is 16.2. The van der Waals surface area contributed by atoms with Gasteiger partial charge in [0, 0.05) is 18.1 Å². The van der Waals surface area contributed by atoms with Crippen molar-refractivity contribution in [3.05, 3.63) is 35.1 Å². The molecule has 0 aliphatic heterocycles. The Morgan fingerprint density at radius 2 is 1.86 bits per heavy atom. The van der Waals surface area contributed by atoms with Crippen LogP contribution in [0.25, 0.3) is 0 Å². The van der Waals surface area contributed by atoms with E-state index in [4.69, 9.17) is 10.4 Å². The first kappa shape index (κ1) is 16.5. The fourth-order valence-corrected chi connectivity index (χ4v) is 1.62. The molecule has 0 heterocycles. The summed E-state index contributed by atoms with van der Waals surface area (Å²) in [5, 5.41) is 19.4. The van der Waals surface area contributed by atoms with Gasteiger partial charge in [-0.05, 0) is 13.3 Å². The Balaban J connectivity index is 2.98. The summed E-state index contributed by atoms with van der Waals surface area (Å²) < 4.78 is 39.5. The van der Waals surface area contributed by atoms with Crippen LogP contribution in [0.5, 0.6) is 0 Å². The molecule has 0 fully saturated rings. The number of carboxylic acid groups (broad SMARTS) is 1. The lowest BCUT2D eigenvalue weighted by Gasteiger charge is -2.16. The quantitative estimate of drug-likeness (QED) is 0.868. The molecule has 0 radical (unpaired) electrons. The number of hydrogen-bond donors (Lipinski definition) is 2. The van der Waals surface area contributed by atoms with E-state index >= 15 is 0 Å². The second-order valence-corrected chi connectivity index (χ2v) is 4.37. The number of rotatable bonds is 5. The molecule has 1 aromatic rings. The molecule has 112 valence electrons. The first-order valence-electron chi connectivity index (χ1n) is 5.84. The number of amides is 1. The van der Waals surface area contributed by atoms with Crippen molar-refractivity contribution in [3.8, 4) is 6.07 Å². The number of nitrogens with one attached hydrogen (secondary N) is 1. The number of hydrogen-bond acceptors (Lipinski definition) is 3. The van der Waals surface area contributed by atoms with Gasteiger partial charge < -0.3 is 10.4 Å². The number of carboxylic acids is 1. The highest BCUT2D eigenvalue weighted by molar-refractivity contribution is 5.97. The summed E-state index contributed by atoms with van der Waals surface area (Å²) in [6.07, 6.45) is -0.234. The standard InChI is InChI=1S/C13H11F3N2O3/c1-6(5-17)2-10(13(20)21)18-12(19)11-8(15)3-7(14)4-9(11)16/h3-4,6,10H,2H2,1H3,(H,18,19)(H,20,21)/t6-,10-/m1/s1. The third-order valence-electron chi connectivity index (χ3n) is 2.65. The van der Waals surface area contributed by atoms with Crippen LogP contribution >= 0.6 is 0 Å². The molecule has 2 N–H and O–H groups in total. The van der Waals surface area contributed by atoms with Crippen molar-refractivity contribution in [2.24, 2.45) is 5.92 Å². The predicted octanol–water partition coefficient (Wildman–Crippen LogP) is 1.84. The monoisotopic (exact) mass is 300 g/mol. The van der Waals surface area contributed by atoms with E-state index in [0.29, 0.717) is 12.1 Å². The summed E-state index contributed by atoms with van der Waals surface area (Å²) in [5.74, 6) is -7.55. The predicted molar refractivity (Wildman–Crippen MR) is 64.6 cm³/mol. The van der Waals surface area contributed by atoms with Gasteiger partial charge >= 0.3 is 5.97 Å². The van der Waals surface area contributed by atoms with Gasteiger partial charge in [-0.1, -0.05) is 0 Å². The molecular weight excluding hydrogens is 289 g/mol. The summed E-state index contributed by atoms with van der Waals surface area (Å²) in [7, 11) is 0. The molecular formula is C13H11F3N2O3. The molecule has 0 unspecified atom stereocenters. The van der Waals surface area contributed by atoms with Crippen LogP contribution in [0.1, 0.15) is 23.7 Å². The third kappa shape index (κ3) is 4.21. The van der Waals surface area contributed by atoms with Crippen LogP contribution in [0.15, 0.2) is 12.1 Å². The second kappa shape index (κ2) is 6.74. The normalized spacial score (nSPS) is 13.1. The molecule has 1 rings (SSSR count). The smallest absolute Gasteiger partial charge is 0.326 e. The van der Waals surface area contributed by atoms with E-state index in [9.17, 15) is 22.8 Å². The largest absolute Gasteiger partial charge is 0.480 e. The van der Waals surface area contributed by atoms with Crippen LogP contribution in [-0.4, -0.2) is 23.0 Å². The Hall–Kier alpha value is -2.56. The van der Waals surface area contributed by atoms with Crippen LogP contribution in [0.2, 0.25) is 0 Å². The van der Waals surface area contributed by atoms with E-state index in [1.54, 1.807) is 6.07 Å². The van der Waals surface area contributed by atoms with Gasteiger partial charge in [0.2, 0.25) is 0 Å². The molecule has 0 saturated carbocycles. The lowest BCUT2D eigenvalue weighted by atomic mass is 10.0. The molecule has 21 heavy (non-hydrogen) atoms. The number of nitrogens with zero attached hydrogens (tertiary/aromatic N) is 1. The van der Waals surface area contributed by atoms with Crippen molar-refractivity contribution in [3.63, 3.8) is 0 Å². The molecule has 1 aromatic carbocycles. The fraction of sp³-hybridized carbons (Fsp3) is 0.308. The van der Waals surface area contributed by atoms with Crippen molar-refractivity contribution in [1.82, 2.24) is 5.32 Å². The summed E-state index contributed by atoms with van der Waals surface area (Å²) in [5.41, 5.74) is -1.08. The molecule has 0 aliphatic rings. The van der Waals surface area contributed by atoms with Crippen LogP contribution < -0.4 is 5.32 Å². The molecule has 0 bridgehead atoms. The highest BCUT2D eigenvalue weighted by Gasteiger charge is 2.26. The van der Waals surface area contributed by atoms with Gasteiger partial charge in [0.05, 0.1) is 6.07 Å². The van der Waals surface area contributed by atoms with Crippen molar-refractivity contribution in [2.45, 2.75) is 19.4 Å². The highest BCUT2D eigenvalue weighted by atomic mass is 19.1. The van der Waals surface area contributed by atoms with Gasteiger partial charge in [-0.3, -0.25) is 4.79 Å². The van der Waals surface area contributed by atoms with Gasteiger partial charge in [0.25, 0.3) is 5.91 Å². The number of carbonyl (C=O) groups is 2. The Morgan fingerprint density at radius 3 is 2.29 bits per heavy atom. The van der Waals surface area contributed by atoms with Crippen LogP contribution in [0.4, 0.5) is 13.2 Å². The van der Waals surface area contributed by atoms with Crippen molar-refractivity contribution < 1.29 is 27.9 Å². The Kier molecular flexibility index (Phi) is 5.30. The van der Waals surface area contributed by atoms with Gasteiger partial charge in [-0.15, -0.1) is 0 Å². The average Bonchev–Trinajstić information content (AvgIpc) is 2.36. The second-order valence-electron chi connectivity index (χ2n) is 4.37. The van der Waals surface area contributed by atoms with Crippen molar-refractivity contribution in [2.75, 3.05) is 0 Å². The minimum atomic E-state index is -1.49. The number of nitriles is 1. The number of carbonyl (C=O) groups excluding carboxylic acids is 1. The minimum absolute atomic E-state index is 0.234. The van der Waals surface area contributed by atoms with Gasteiger partial charge in [-0.2, -0.15) is 5.26 Å². The van der Waals surface area contributed by atoms with Gasteiger partial charge in [0.1, 0.15) is 29.1 Å². The zero-order valence-electron chi connectivity index (χ0n) is 10.9. The average molecular weight is 300 g/mol. The zero-order valence-corrected chi connectivity index (χ0v) is 10.9. The SMILES string of the molecule is C[C@@H](C#N)C[C@@H](NC(=O)c1c(F)cc(F)cc1F)C(=O)O. The van der Waals surface area contributed by atoms with E-state index in [0.717, 1.165) is 0 Å². The molecule has 8 heteroatoms. The summed E-state index contributed by atoms with van der Waals surface area (Å²) in [6.45, 7) is 1.43. The van der Waals surface area contributed by atoms with Crippen LogP contribution in [0.3, 0.4) is 0 Å². The van der Waals surface area contributed by atoms with Crippen molar-refractivity contribution >= 4 is 11.9 Å². The summed E-state index contributed by atoms with van der Waals surface area (Å²) in [6, 6.07) is 0.914. The molecule has 5 nitrogen and oxygen atoms in total. The maximum Gasteiger partial charge on any atom is 0.326 e. The molecule has 0 aromatic heterocycles. The molecule has 0 aliphatic carbocycles. The number of aliphatic carboxylic acids is 1. The molecule has 0 saturated heterocycles. The first-order chi connectivity index (χ1) is 9.76. The Bertz CT molecular complexity index is 590. The van der Waals surface area contributed by atoms with Crippen LogP contribution in [-0.2, 0) is 4.79 Å².